The highest BCUT2D eigenvalue weighted by Gasteiger charge is 2.04. The Kier molecular flexibility index (Phi) is 3.41. The van der Waals surface area contributed by atoms with Crippen molar-refractivity contribution in [2.24, 2.45) is 5.73 Å². The van der Waals surface area contributed by atoms with E-state index >= 15 is 0 Å². The van der Waals surface area contributed by atoms with Crippen molar-refractivity contribution in [1.29, 1.82) is 0 Å². The lowest BCUT2D eigenvalue weighted by molar-refractivity contribution is -0.116. The summed E-state index contributed by atoms with van der Waals surface area (Å²) in [6.07, 6.45) is 0.190. The Bertz CT molecular complexity index is 341. The van der Waals surface area contributed by atoms with Crippen LogP contribution >= 0.6 is 0 Å². The first-order chi connectivity index (χ1) is 6.63. The first kappa shape index (κ1) is 10.5. The molecule has 5 N–H and O–H groups in total. The number of nitrogens with two attached hydrogens (primary N) is 2. The molecule has 0 aliphatic carbocycles. The van der Waals surface area contributed by atoms with Crippen molar-refractivity contribution in [2.45, 2.75) is 6.42 Å². The van der Waals surface area contributed by atoms with Gasteiger partial charge in [-0.1, -0.05) is 0 Å². The van der Waals surface area contributed by atoms with E-state index in [0.717, 1.165) is 0 Å². The van der Waals surface area contributed by atoms with Crippen molar-refractivity contribution in [3.63, 3.8) is 0 Å². The summed E-state index contributed by atoms with van der Waals surface area (Å²) in [7, 11) is 0. The van der Waals surface area contributed by atoms with Gasteiger partial charge in [0.25, 0.3) is 0 Å². The second-order valence-electron chi connectivity index (χ2n) is 2.82. The van der Waals surface area contributed by atoms with E-state index in [4.69, 9.17) is 11.5 Å². The number of anilines is 2. The Balaban J connectivity index is 2.75. The molecule has 76 valence electrons. The minimum absolute atomic E-state index is 0.190. The third-order valence-electron chi connectivity index (χ3n) is 1.66. The molecule has 0 unspecified atom stereocenters. The lowest BCUT2D eigenvalue weighted by atomic mass is 10.2. The quantitative estimate of drug-likeness (QED) is 0.624. The van der Waals surface area contributed by atoms with Gasteiger partial charge < -0.3 is 16.8 Å². The number of hydrogen-bond donors (Lipinski definition) is 3. The zero-order valence-electron chi connectivity index (χ0n) is 7.59. The average Bonchev–Trinajstić information content (AvgIpc) is 2.12. The molecule has 0 aliphatic heterocycles. The zero-order chi connectivity index (χ0) is 10.6. The second-order valence-corrected chi connectivity index (χ2v) is 2.82. The molecule has 1 rings (SSSR count). The summed E-state index contributed by atoms with van der Waals surface area (Å²) in [5, 5.41) is 2.47. The number of benzene rings is 1. The largest absolute Gasteiger partial charge is 0.397 e. The number of rotatable bonds is 3. The van der Waals surface area contributed by atoms with Crippen molar-refractivity contribution in [1.82, 2.24) is 0 Å². The molecule has 1 amide bonds. The molecular weight excluding hydrogens is 185 g/mol. The third kappa shape index (κ3) is 2.70. The molecular formula is C9H12FN3O. The van der Waals surface area contributed by atoms with Gasteiger partial charge in [-0.2, -0.15) is 0 Å². The molecule has 0 aliphatic rings. The van der Waals surface area contributed by atoms with Gasteiger partial charge in [0.05, 0.1) is 11.4 Å². The Morgan fingerprint density at radius 2 is 2.21 bits per heavy atom. The molecule has 0 saturated carbocycles. The van der Waals surface area contributed by atoms with Crippen LogP contribution in [0.5, 0.6) is 0 Å². The van der Waals surface area contributed by atoms with Crippen LogP contribution in [-0.2, 0) is 4.79 Å². The molecule has 0 heterocycles. The van der Waals surface area contributed by atoms with E-state index in [1.54, 1.807) is 0 Å². The number of halogens is 1. The highest BCUT2D eigenvalue weighted by Crippen LogP contribution is 2.19. The molecule has 0 radical (unpaired) electrons. The monoisotopic (exact) mass is 197 g/mol. The number of hydrogen-bond acceptors (Lipinski definition) is 3. The van der Waals surface area contributed by atoms with Crippen LogP contribution in [0, 0.1) is 5.82 Å². The van der Waals surface area contributed by atoms with Crippen LogP contribution in [0.15, 0.2) is 18.2 Å². The van der Waals surface area contributed by atoms with Gasteiger partial charge in [0, 0.05) is 13.0 Å². The van der Waals surface area contributed by atoms with Crippen LogP contribution in [0.4, 0.5) is 15.8 Å². The molecule has 0 saturated heterocycles. The summed E-state index contributed by atoms with van der Waals surface area (Å²) >= 11 is 0. The van der Waals surface area contributed by atoms with Gasteiger partial charge in [-0.15, -0.1) is 0 Å². The smallest absolute Gasteiger partial charge is 0.225 e. The van der Waals surface area contributed by atoms with Gasteiger partial charge in [-0.05, 0) is 18.2 Å². The Hall–Kier alpha value is -1.62. The van der Waals surface area contributed by atoms with Crippen molar-refractivity contribution in [3.05, 3.63) is 24.0 Å². The van der Waals surface area contributed by atoms with E-state index in [1.165, 1.54) is 18.2 Å². The van der Waals surface area contributed by atoms with Crippen molar-refractivity contribution >= 4 is 17.3 Å². The first-order valence-electron chi connectivity index (χ1n) is 4.18. The first-order valence-corrected chi connectivity index (χ1v) is 4.18. The van der Waals surface area contributed by atoms with Crippen LogP contribution in [0.1, 0.15) is 6.42 Å². The number of carbonyl (C=O) groups excluding carboxylic acids is 1. The highest BCUT2D eigenvalue weighted by molar-refractivity contribution is 5.93. The molecule has 5 heteroatoms. The number of carbonyl (C=O) groups is 1. The number of nitrogens with one attached hydrogen (secondary N) is 1. The maximum atomic E-state index is 12.8. The van der Waals surface area contributed by atoms with Crippen LogP contribution in [0.25, 0.3) is 0 Å². The molecule has 0 spiro atoms. The minimum atomic E-state index is -0.442. The maximum Gasteiger partial charge on any atom is 0.225 e. The van der Waals surface area contributed by atoms with E-state index < -0.39 is 5.82 Å². The molecule has 1 aromatic carbocycles. The summed E-state index contributed by atoms with van der Waals surface area (Å²) < 4.78 is 12.8. The summed E-state index contributed by atoms with van der Waals surface area (Å²) in [5.41, 5.74) is 11.3. The van der Waals surface area contributed by atoms with Gasteiger partial charge in [-0.3, -0.25) is 4.79 Å². The van der Waals surface area contributed by atoms with Gasteiger partial charge >= 0.3 is 0 Å². The lowest BCUT2D eigenvalue weighted by Crippen LogP contribution is -2.17. The van der Waals surface area contributed by atoms with Crippen molar-refractivity contribution in [2.75, 3.05) is 17.6 Å². The second kappa shape index (κ2) is 4.57. The third-order valence-corrected chi connectivity index (χ3v) is 1.66. The van der Waals surface area contributed by atoms with E-state index in [1.807, 2.05) is 0 Å². The summed E-state index contributed by atoms with van der Waals surface area (Å²) in [4.78, 5) is 11.1. The van der Waals surface area contributed by atoms with Crippen molar-refractivity contribution in [3.8, 4) is 0 Å². The van der Waals surface area contributed by atoms with Crippen LogP contribution in [-0.4, -0.2) is 12.5 Å². The van der Waals surface area contributed by atoms with Crippen molar-refractivity contribution < 1.29 is 9.18 Å². The standard InChI is InChI=1S/C9H12FN3O/c10-6-1-2-7(12)8(5-6)13-9(14)3-4-11/h1-2,5H,3-4,11-12H2,(H,13,14). The normalized spacial score (nSPS) is 9.86. The van der Waals surface area contributed by atoms with Crippen LogP contribution < -0.4 is 16.8 Å². The van der Waals surface area contributed by atoms with E-state index in [0.29, 0.717) is 5.69 Å². The molecule has 4 nitrogen and oxygen atoms in total. The molecule has 0 bridgehead atoms. The van der Waals surface area contributed by atoms with Crippen LogP contribution in [0.3, 0.4) is 0 Å². The fourth-order valence-electron chi connectivity index (χ4n) is 0.981. The Labute approximate surface area is 81.1 Å². The molecule has 0 aromatic heterocycles. The summed E-state index contributed by atoms with van der Waals surface area (Å²) in [6, 6.07) is 3.80. The zero-order valence-corrected chi connectivity index (χ0v) is 7.59. The Morgan fingerprint density at radius 1 is 1.50 bits per heavy atom. The number of amides is 1. The van der Waals surface area contributed by atoms with Gasteiger partial charge in [0.15, 0.2) is 0 Å². The average molecular weight is 197 g/mol. The number of nitrogen functional groups attached to an aromatic ring is 1. The predicted molar refractivity (Wildman–Crippen MR) is 53.1 cm³/mol. The highest BCUT2D eigenvalue weighted by atomic mass is 19.1. The molecule has 14 heavy (non-hydrogen) atoms. The van der Waals surface area contributed by atoms with Gasteiger partial charge in [0.2, 0.25) is 5.91 Å². The summed E-state index contributed by atoms with van der Waals surface area (Å²) in [6.45, 7) is 0.251. The topological polar surface area (TPSA) is 81.1 Å². The fraction of sp³-hybridized carbons (Fsp3) is 0.222. The fourth-order valence-corrected chi connectivity index (χ4v) is 0.981. The molecule has 1 aromatic rings. The maximum absolute atomic E-state index is 12.8. The van der Waals surface area contributed by atoms with Crippen LogP contribution in [0.2, 0.25) is 0 Å². The van der Waals surface area contributed by atoms with Gasteiger partial charge in [-0.25, -0.2) is 4.39 Å². The minimum Gasteiger partial charge on any atom is -0.397 e. The molecule has 0 fully saturated rings. The van der Waals surface area contributed by atoms with E-state index in [2.05, 4.69) is 5.32 Å². The van der Waals surface area contributed by atoms with E-state index in [-0.39, 0.29) is 24.6 Å². The van der Waals surface area contributed by atoms with E-state index in [9.17, 15) is 9.18 Å². The lowest BCUT2D eigenvalue weighted by Gasteiger charge is -2.07. The Morgan fingerprint density at radius 3 is 2.86 bits per heavy atom. The molecule has 0 atom stereocenters. The predicted octanol–water partition coefficient (Wildman–Crippen LogP) is 0.695. The SMILES string of the molecule is NCCC(=O)Nc1cc(F)ccc1N. The summed E-state index contributed by atoms with van der Waals surface area (Å²) in [5.74, 6) is -0.716. The van der Waals surface area contributed by atoms with Gasteiger partial charge in [0.1, 0.15) is 5.82 Å².